The summed E-state index contributed by atoms with van der Waals surface area (Å²) in [6, 6.07) is 13.8. The second-order valence-corrected chi connectivity index (χ2v) is 5.12. The highest BCUT2D eigenvalue weighted by molar-refractivity contribution is 6.03. The predicted molar refractivity (Wildman–Crippen MR) is 89.5 cm³/mol. The Hall–Kier alpha value is -2.82. The van der Waals surface area contributed by atoms with Gasteiger partial charge in [-0.15, -0.1) is 0 Å². The number of carbonyl (C=O) groups excluding carboxylic acids is 2. The zero-order valence-electron chi connectivity index (χ0n) is 13.0. The summed E-state index contributed by atoms with van der Waals surface area (Å²) in [7, 11) is 0. The topological polar surface area (TPSA) is 78.4 Å². The lowest BCUT2D eigenvalue weighted by Crippen LogP contribution is -2.27. The van der Waals surface area contributed by atoms with Crippen molar-refractivity contribution in [3.8, 4) is 5.75 Å². The largest absolute Gasteiger partial charge is 0.508 e. The molecule has 0 atom stereocenters. The molecular weight excluding hydrogens is 292 g/mol. The number of aromatic hydroxyl groups is 1. The molecule has 0 spiro atoms. The second kappa shape index (κ2) is 7.98. The molecule has 2 aromatic rings. The van der Waals surface area contributed by atoms with E-state index in [1.165, 1.54) is 0 Å². The summed E-state index contributed by atoms with van der Waals surface area (Å²) in [4.78, 5) is 23.8. The summed E-state index contributed by atoms with van der Waals surface area (Å²) >= 11 is 0. The van der Waals surface area contributed by atoms with Crippen molar-refractivity contribution in [3.05, 3.63) is 59.7 Å². The van der Waals surface area contributed by atoms with E-state index in [1.54, 1.807) is 49.4 Å². The molecule has 23 heavy (non-hydrogen) atoms. The summed E-state index contributed by atoms with van der Waals surface area (Å²) in [5.74, 6) is -0.163. The highest BCUT2D eigenvalue weighted by atomic mass is 16.3. The Bertz CT molecular complexity index is 698. The van der Waals surface area contributed by atoms with Crippen molar-refractivity contribution in [2.24, 2.45) is 0 Å². The minimum absolute atomic E-state index is 0.134. The summed E-state index contributed by atoms with van der Waals surface area (Å²) in [6.45, 7) is 2.20. The first-order valence-electron chi connectivity index (χ1n) is 7.55. The van der Waals surface area contributed by atoms with Crippen molar-refractivity contribution < 1.29 is 14.7 Å². The van der Waals surface area contributed by atoms with Crippen LogP contribution in [0.25, 0.3) is 0 Å². The first-order valence-corrected chi connectivity index (χ1v) is 7.55. The van der Waals surface area contributed by atoms with E-state index >= 15 is 0 Å². The molecule has 0 saturated carbocycles. The van der Waals surface area contributed by atoms with Gasteiger partial charge in [-0.2, -0.15) is 0 Å². The normalized spacial score (nSPS) is 10.1. The third-order valence-electron chi connectivity index (χ3n) is 3.38. The first kappa shape index (κ1) is 16.5. The quantitative estimate of drug-likeness (QED) is 0.767. The number of amides is 2. The van der Waals surface area contributed by atoms with Crippen molar-refractivity contribution in [1.29, 1.82) is 0 Å². The van der Waals surface area contributed by atoms with Crippen LogP contribution in [-0.2, 0) is 11.2 Å². The van der Waals surface area contributed by atoms with Crippen LogP contribution in [0.3, 0.4) is 0 Å². The van der Waals surface area contributed by atoms with Crippen molar-refractivity contribution in [3.63, 3.8) is 0 Å². The van der Waals surface area contributed by atoms with Crippen LogP contribution in [0.2, 0.25) is 0 Å². The molecule has 0 aliphatic heterocycles. The van der Waals surface area contributed by atoms with Crippen LogP contribution in [0.5, 0.6) is 5.75 Å². The van der Waals surface area contributed by atoms with E-state index in [0.29, 0.717) is 30.6 Å². The van der Waals surface area contributed by atoms with Crippen LogP contribution in [0.4, 0.5) is 5.69 Å². The van der Waals surface area contributed by atoms with E-state index in [4.69, 9.17) is 0 Å². The number of rotatable bonds is 6. The van der Waals surface area contributed by atoms with Crippen LogP contribution >= 0.6 is 0 Å². The number of nitrogens with one attached hydrogen (secondary N) is 2. The van der Waals surface area contributed by atoms with Gasteiger partial charge in [-0.3, -0.25) is 9.59 Å². The Labute approximate surface area is 135 Å². The average molecular weight is 312 g/mol. The zero-order chi connectivity index (χ0) is 16.7. The molecular formula is C18H20N2O3. The van der Waals surface area contributed by atoms with E-state index in [-0.39, 0.29) is 17.6 Å². The van der Waals surface area contributed by atoms with E-state index in [2.05, 4.69) is 10.6 Å². The number of carbonyl (C=O) groups is 2. The van der Waals surface area contributed by atoms with Crippen LogP contribution < -0.4 is 10.6 Å². The van der Waals surface area contributed by atoms with Crippen LogP contribution in [0.1, 0.15) is 29.3 Å². The van der Waals surface area contributed by atoms with Crippen LogP contribution in [0.15, 0.2) is 48.5 Å². The van der Waals surface area contributed by atoms with Gasteiger partial charge in [0.25, 0.3) is 5.91 Å². The Kier molecular flexibility index (Phi) is 5.74. The van der Waals surface area contributed by atoms with Crippen LogP contribution in [0, 0.1) is 0 Å². The zero-order valence-corrected chi connectivity index (χ0v) is 13.0. The molecule has 0 fully saturated rings. The van der Waals surface area contributed by atoms with E-state index in [0.717, 1.165) is 5.56 Å². The van der Waals surface area contributed by atoms with Gasteiger partial charge in [-0.1, -0.05) is 31.2 Å². The lowest BCUT2D eigenvalue weighted by molar-refractivity contribution is -0.115. The van der Waals surface area contributed by atoms with Gasteiger partial charge in [0.15, 0.2) is 0 Å². The van der Waals surface area contributed by atoms with E-state index < -0.39 is 0 Å². The maximum atomic E-state index is 12.3. The maximum Gasteiger partial charge on any atom is 0.253 e. The Morgan fingerprint density at radius 3 is 2.61 bits per heavy atom. The molecule has 2 amide bonds. The Morgan fingerprint density at radius 2 is 1.87 bits per heavy atom. The summed E-state index contributed by atoms with van der Waals surface area (Å²) in [6.07, 6.45) is 0.969. The molecule has 0 aliphatic rings. The number of phenolic OH excluding ortho intramolecular Hbond substituents is 1. The van der Waals surface area contributed by atoms with Gasteiger partial charge in [0.1, 0.15) is 5.75 Å². The summed E-state index contributed by atoms with van der Waals surface area (Å²) in [5.41, 5.74) is 1.89. The lowest BCUT2D eigenvalue weighted by Gasteiger charge is -2.11. The molecule has 0 heterocycles. The molecule has 2 aromatic carbocycles. The van der Waals surface area contributed by atoms with Gasteiger partial charge in [-0.05, 0) is 36.2 Å². The number of para-hydroxylation sites is 1. The highest BCUT2D eigenvalue weighted by Crippen LogP contribution is 2.15. The van der Waals surface area contributed by atoms with E-state index in [1.807, 2.05) is 6.07 Å². The smallest absolute Gasteiger partial charge is 0.253 e. The van der Waals surface area contributed by atoms with Crippen LogP contribution in [-0.4, -0.2) is 23.5 Å². The molecule has 5 heteroatoms. The number of benzene rings is 2. The highest BCUT2D eigenvalue weighted by Gasteiger charge is 2.11. The molecule has 5 nitrogen and oxygen atoms in total. The van der Waals surface area contributed by atoms with E-state index in [9.17, 15) is 14.7 Å². The average Bonchev–Trinajstić information content (AvgIpc) is 2.55. The van der Waals surface area contributed by atoms with Crippen molar-refractivity contribution in [1.82, 2.24) is 5.32 Å². The Morgan fingerprint density at radius 1 is 1.09 bits per heavy atom. The third-order valence-corrected chi connectivity index (χ3v) is 3.38. The third kappa shape index (κ3) is 4.85. The second-order valence-electron chi connectivity index (χ2n) is 5.12. The molecule has 2 rings (SSSR count). The van der Waals surface area contributed by atoms with Gasteiger partial charge in [0.05, 0.1) is 11.3 Å². The van der Waals surface area contributed by atoms with Crippen molar-refractivity contribution in [2.75, 3.05) is 11.9 Å². The summed E-state index contributed by atoms with van der Waals surface area (Å²) in [5, 5.41) is 15.0. The standard InChI is InChI=1S/C18H20N2O3/c1-2-17(22)20-16-9-4-3-8-15(16)18(23)19-11-10-13-6-5-7-14(21)12-13/h3-9,12,21H,2,10-11H2,1H3,(H,19,23)(H,20,22). The maximum absolute atomic E-state index is 12.3. The molecule has 0 saturated heterocycles. The van der Waals surface area contributed by atoms with Gasteiger partial charge < -0.3 is 15.7 Å². The molecule has 0 unspecified atom stereocenters. The molecule has 0 bridgehead atoms. The fourth-order valence-corrected chi connectivity index (χ4v) is 2.16. The molecule has 0 radical (unpaired) electrons. The SMILES string of the molecule is CCC(=O)Nc1ccccc1C(=O)NCCc1cccc(O)c1. The van der Waals surface area contributed by atoms with Gasteiger partial charge in [0.2, 0.25) is 5.91 Å². The van der Waals surface area contributed by atoms with Crippen molar-refractivity contribution >= 4 is 17.5 Å². The molecule has 120 valence electrons. The molecule has 3 N–H and O–H groups in total. The molecule has 0 aliphatic carbocycles. The minimum Gasteiger partial charge on any atom is -0.508 e. The van der Waals surface area contributed by atoms with Crippen molar-refractivity contribution in [2.45, 2.75) is 19.8 Å². The first-order chi connectivity index (χ1) is 11.1. The predicted octanol–water partition coefficient (Wildman–Crippen LogP) is 2.71. The number of anilines is 1. The lowest BCUT2D eigenvalue weighted by atomic mass is 10.1. The number of phenols is 1. The Balaban J connectivity index is 1.96. The monoisotopic (exact) mass is 312 g/mol. The van der Waals surface area contributed by atoms with Gasteiger partial charge in [-0.25, -0.2) is 0 Å². The minimum atomic E-state index is -0.239. The van der Waals surface area contributed by atoms with Gasteiger partial charge in [0, 0.05) is 13.0 Å². The fourth-order valence-electron chi connectivity index (χ4n) is 2.16. The van der Waals surface area contributed by atoms with Gasteiger partial charge >= 0.3 is 0 Å². The number of hydrogen-bond acceptors (Lipinski definition) is 3. The fraction of sp³-hybridized carbons (Fsp3) is 0.222. The molecule has 0 aromatic heterocycles. The number of hydrogen-bond donors (Lipinski definition) is 3. The summed E-state index contributed by atoms with van der Waals surface area (Å²) < 4.78 is 0.